The van der Waals surface area contributed by atoms with Gasteiger partial charge in [-0.3, -0.25) is 0 Å². The highest BCUT2D eigenvalue weighted by atomic mass is 19.1. The minimum Gasteiger partial charge on any atom is -0.476 e. The van der Waals surface area contributed by atoms with Gasteiger partial charge in [-0.05, 0) is 17.7 Å². The van der Waals surface area contributed by atoms with Crippen LogP contribution >= 0.6 is 0 Å². The standard InChI is InChI=1S/C13H11FN2O2/c14-10-5-6-11(16-12(10)13(17)18)9-3-1-8(7-15)2-4-9/h1-6H,7,15H2,(H,17,18). The molecule has 3 N–H and O–H groups in total. The number of halogens is 1. The van der Waals surface area contributed by atoms with Crippen molar-refractivity contribution in [3.05, 3.63) is 53.5 Å². The minimum absolute atomic E-state index is 0.414. The van der Waals surface area contributed by atoms with Gasteiger partial charge in [0.2, 0.25) is 0 Å². The van der Waals surface area contributed by atoms with Gasteiger partial charge in [0.05, 0.1) is 5.69 Å². The zero-order chi connectivity index (χ0) is 13.1. The third-order valence-corrected chi connectivity index (χ3v) is 2.53. The van der Waals surface area contributed by atoms with Crippen LogP contribution in [0.5, 0.6) is 0 Å². The van der Waals surface area contributed by atoms with E-state index < -0.39 is 17.5 Å². The molecule has 0 aliphatic heterocycles. The van der Waals surface area contributed by atoms with Gasteiger partial charge in [0.15, 0.2) is 11.5 Å². The molecule has 0 amide bonds. The summed E-state index contributed by atoms with van der Waals surface area (Å²) < 4.78 is 13.2. The lowest BCUT2D eigenvalue weighted by Gasteiger charge is -2.04. The first kappa shape index (κ1) is 12.2. The van der Waals surface area contributed by atoms with Crippen molar-refractivity contribution in [3.8, 4) is 11.3 Å². The predicted molar refractivity (Wildman–Crippen MR) is 64.5 cm³/mol. The van der Waals surface area contributed by atoms with E-state index in [1.807, 2.05) is 12.1 Å². The Labute approximate surface area is 103 Å². The van der Waals surface area contributed by atoms with Gasteiger partial charge < -0.3 is 10.8 Å². The van der Waals surface area contributed by atoms with E-state index in [2.05, 4.69) is 4.98 Å². The van der Waals surface area contributed by atoms with Gasteiger partial charge in [0, 0.05) is 12.1 Å². The average molecular weight is 246 g/mol. The molecule has 0 saturated carbocycles. The van der Waals surface area contributed by atoms with E-state index >= 15 is 0 Å². The topological polar surface area (TPSA) is 76.2 Å². The van der Waals surface area contributed by atoms with Gasteiger partial charge >= 0.3 is 5.97 Å². The summed E-state index contributed by atoms with van der Waals surface area (Å²) in [6.45, 7) is 0.428. The van der Waals surface area contributed by atoms with Gasteiger partial charge in [0.25, 0.3) is 0 Å². The lowest BCUT2D eigenvalue weighted by atomic mass is 10.1. The van der Waals surface area contributed by atoms with Crippen LogP contribution in [0.1, 0.15) is 16.1 Å². The molecule has 18 heavy (non-hydrogen) atoms. The molecule has 0 fully saturated rings. The Balaban J connectivity index is 2.44. The molecule has 0 atom stereocenters. The highest BCUT2D eigenvalue weighted by Gasteiger charge is 2.13. The summed E-state index contributed by atoms with van der Waals surface area (Å²) in [6.07, 6.45) is 0. The Morgan fingerprint density at radius 3 is 2.44 bits per heavy atom. The Bertz CT molecular complexity index is 582. The van der Waals surface area contributed by atoms with Crippen LogP contribution in [-0.4, -0.2) is 16.1 Å². The van der Waals surface area contributed by atoms with Crippen LogP contribution in [0.3, 0.4) is 0 Å². The van der Waals surface area contributed by atoms with Crippen molar-refractivity contribution >= 4 is 5.97 Å². The smallest absolute Gasteiger partial charge is 0.357 e. The van der Waals surface area contributed by atoms with Crippen LogP contribution in [0.2, 0.25) is 0 Å². The number of aromatic carboxylic acids is 1. The van der Waals surface area contributed by atoms with Crippen LogP contribution < -0.4 is 5.73 Å². The van der Waals surface area contributed by atoms with Crippen molar-refractivity contribution in [1.82, 2.24) is 4.98 Å². The van der Waals surface area contributed by atoms with E-state index in [9.17, 15) is 9.18 Å². The third kappa shape index (κ3) is 2.36. The van der Waals surface area contributed by atoms with Gasteiger partial charge in [0.1, 0.15) is 0 Å². The molecule has 0 spiro atoms. The Kier molecular flexibility index (Phi) is 3.34. The van der Waals surface area contributed by atoms with Gasteiger partial charge in [-0.15, -0.1) is 0 Å². The van der Waals surface area contributed by atoms with Crippen LogP contribution in [0, 0.1) is 5.82 Å². The number of pyridine rings is 1. The number of carbonyl (C=O) groups is 1. The summed E-state index contributed by atoms with van der Waals surface area (Å²) >= 11 is 0. The highest BCUT2D eigenvalue weighted by Crippen LogP contribution is 2.19. The van der Waals surface area contributed by atoms with E-state index in [-0.39, 0.29) is 0 Å². The van der Waals surface area contributed by atoms with Crippen molar-refractivity contribution in [1.29, 1.82) is 0 Å². The number of rotatable bonds is 3. The van der Waals surface area contributed by atoms with Crippen LogP contribution in [-0.2, 0) is 6.54 Å². The zero-order valence-corrected chi connectivity index (χ0v) is 9.43. The fraction of sp³-hybridized carbons (Fsp3) is 0.0769. The van der Waals surface area contributed by atoms with Crippen molar-refractivity contribution in [3.63, 3.8) is 0 Å². The largest absolute Gasteiger partial charge is 0.476 e. The number of carboxylic acids is 1. The Hall–Kier alpha value is -2.27. The van der Waals surface area contributed by atoms with Gasteiger partial charge in [-0.1, -0.05) is 24.3 Å². The zero-order valence-electron chi connectivity index (χ0n) is 9.43. The number of nitrogens with zero attached hydrogens (tertiary/aromatic N) is 1. The first-order chi connectivity index (χ1) is 8.61. The number of hydrogen-bond donors (Lipinski definition) is 2. The quantitative estimate of drug-likeness (QED) is 0.868. The Morgan fingerprint density at radius 1 is 1.22 bits per heavy atom. The lowest BCUT2D eigenvalue weighted by Crippen LogP contribution is -2.05. The number of hydrogen-bond acceptors (Lipinski definition) is 3. The number of carboxylic acid groups (broad SMARTS) is 1. The number of nitrogens with two attached hydrogens (primary N) is 1. The molecule has 92 valence electrons. The molecule has 0 radical (unpaired) electrons. The monoisotopic (exact) mass is 246 g/mol. The molecule has 1 heterocycles. The second-order valence-electron chi connectivity index (χ2n) is 3.73. The van der Waals surface area contributed by atoms with E-state index in [1.54, 1.807) is 12.1 Å². The van der Waals surface area contributed by atoms with E-state index in [0.717, 1.165) is 17.2 Å². The summed E-state index contributed by atoms with van der Waals surface area (Å²) in [7, 11) is 0. The van der Waals surface area contributed by atoms with Crippen molar-refractivity contribution < 1.29 is 14.3 Å². The van der Waals surface area contributed by atoms with E-state index in [0.29, 0.717) is 12.2 Å². The summed E-state index contributed by atoms with van der Waals surface area (Å²) in [5.41, 5.74) is 6.99. The first-order valence-corrected chi connectivity index (χ1v) is 5.31. The summed E-state index contributed by atoms with van der Waals surface area (Å²) in [5, 5.41) is 8.80. The SMILES string of the molecule is NCc1ccc(-c2ccc(F)c(C(=O)O)n2)cc1. The molecule has 0 bridgehead atoms. The molecule has 0 aliphatic rings. The van der Waals surface area contributed by atoms with Gasteiger partial charge in [-0.2, -0.15) is 0 Å². The highest BCUT2D eigenvalue weighted by molar-refractivity contribution is 5.86. The van der Waals surface area contributed by atoms with Crippen LogP contribution in [0.15, 0.2) is 36.4 Å². The number of aromatic nitrogens is 1. The molecule has 2 aromatic rings. The Morgan fingerprint density at radius 2 is 1.89 bits per heavy atom. The number of benzene rings is 1. The molecule has 2 rings (SSSR count). The minimum atomic E-state index is -1.38. The second-order valence-corrected chi connectivity index (χ2v) is 3.73. The molecule has 1 aromatic carbocycles. The normalized spacial score (nSPS) is 10.3. The summed E-state index contributed by atoms with van der Waals surface area (Å²) in [5.74, 6) is -2.22. The van der Waals surface area contributed by atoms with Crippen molar-refractivity contribution in [2.24, 2.45) is 5.73 Å². The summed E-state index contributed by atoms with van der Waals surface area (Å²) in [6, 6.07) is 9.73. The molecular formula is C13H11FN2O2. The van der Waals surface area contributed by atoms with Crippen LogP contribution in [0.4, 0.5) is 4.39 Å². The molecule has 0 unspecified atom stereocenters. The lowest BCUT2D eigenvalue weighted by molar-refractivity contribution is 0.0685. The van der Waals surface area contributed by atoms with Crippen LogP contribution in [0.25, 0.3) is 11.3 Å². The predicted octanol–water partition coefficient (Wildman–Crippen LogP) is 2.04. The first-order valence-electron chi connectivity index (χ1n) is 5.31. The fourth-order valence-electron chi connectivity index (χ4n) is 1.56. The molecule has 0 aliphatic carbocycles. The van der Waals surface area contributed by atoms with E-state index in [1.165, 1.54) is 6.07 Å². The fourth-order valence-corrected chi connectivity index (χ4v) is 1.56. The molecular weight excluding hydrogens is 235 g/mol. The maximum absolute atomic E-state index is 13.2. The molecule has 4 nitrogen and oxygen atoms in total. The van der Waals surface area contributed by atoms with Crippen molar-refractivity contribution in [2.75, 3.05) is 0 Å². The maximum Gasteiger partial charge on any atom is 0.357 e. The maximum atomic E-state index is 13.2. The van der Waals surface area contributed by atoms with E-state index in [4.69, 9.17) is 10.8 Å². The molecule has 0 saturated heterocycles. The van der Waals surface area contributed by atoms with Gasteiger partial charge in [-0.25, -0.2) is 14.2 Å². The molecule has 5 heteroatoms. The molecule has 1 aromatic heterocycles. The third-order valence-electron chi connectivity index (χ3n) is 2.53. The summed E-state index contributed by atoms with van der Waals surface area (Å²) in [4.78, 5) is 14.6. The second kappa shape index (κ2) is 4.93. The average Bonchev–Trinajstić information content (AvgIpc) is 2.39. The van der Waals surface area contributed by atoms with Crippen molar-refractivity contribution in [2.45, 2.75) is 6.54 Å².